The molecule has 532 valence electrons. The number of aromatic nitrogens is 10. The van der Waals surface area contributed by atoms with Crippen molar-refractivity contribution >= 4 is 129 Å². The Morgan fingerprint density at radius 2 is 1.04 bits per heavy atom. The van der Waals surface area contributed by atoms with Crippen LogP contribution in [0.5, 0.6) is 0 Å². The van der Waals surface area contributed by atoms with Gasteiger partial charge in [0, 0.05) is 40.6 Å². The van der Waals surface area contributed by atoms with Crippen LogP contribution in [0.25, 0.3) is 34.4 Å². The number of hydrogen-bond acceptors (Lipinski definition) is 32. The first-order chi connectivity index (χ1) is 49.8. The van der Waals surface area contributed by atoms with Crippen LogP contribution in [0.1, 0.15) is 80.9 Å². The van der Waals surface area contributed by atoms with E-state index in [4.69, 9.17) is 34.2 Å². The molecule has 48 heteroatoms. The van der Waals surface area contributed by atoms with Crippen LogP contribution in [-0.2, 0) is 39.3 Å². The molecule has 0 amide bonds. The average molecular weight is 1700 g/mol. The quantitative estimate of drug-likeness (QED) is 0.0336. The molecule has 3 aromatic carbocycles. The van der Waals surface area contributed by atoms with Gasteiger partial charge in [-0.25, -0.2) is 79.8 Å². The molecule has 4 saturated heterocycles. The van der Waals surface area contributed by atoms with Crippen LogP contribution in [0, 0.1) is 27.6 Å². The summed E-state index contributed by atoms with van der Waals surface area (Å²) in [7, 11) is -16.6. The molecule has 98 heavy (non-hydrogen) atoms. The van der Waals surface area contributed by atoms with Crippen LogP contribution >= 0.6 is 60.2 Å². The standard InChI is InChI=1S/C15H13BrFN5O5S.C14H15BrFN5O4S.C10H3BrFN5O5.2C5H11NO2S.CH4.ClH.Na.H2O/c16-10-7-9(1-2-11(10)17)22-14(21-26-15(22)23)12-13(20-27-19-12)18-8-3-5-28(24,25)6-4-8;15-10-7-9(1-2-11(10)16)18-13(19-22)12-14(21-25-20-12)17-8-3-5-26(23,24)6-4-8;11-5-3-4(1-2-6(5)12)16-8(14-21-10(16)18)7-9(17(19)20)15-22-13-7;2*6-5-1-3-9(7,8)4-2-5;;;;/h1-2,7-8H,3-6H2,(H,18,20);1-2,7-8,22H,3-6H2,(H,17,21)(H,18,19);1-3H;2*5H,1-4,6H2;1H4;1H;;1H2/q;;;;;;;+1;/p-1/i2*5D2,6D2;;3D2,4D2;;;;;/hD2. The maximum absolute atomic E-state index is 13.6. The van der Waals surface area contributed by atoms with Gasteiger partial charge in [-0.3, -0.25) is 19.7 Å². The Morgan fingerprint density at radius 1 is 0.622 bits per heavy atom. The van der Waals surface area contributed by atoms with E-state index in [2.05, 4.69) is 118 Å². The van der Waals surface area contributed by atoms with E-state index in [-0.39, 0.29) is 149 Å². The van der Waals surface area contributed by atoms with Gasteiger partial charge in [0.15, 0.2) is 22.4 Å². The van der Waals surface area contributed by atoms with E-state index < -0.39 is 176 Å². The van der Waals surface area contributed by atoms with Gasteiger partial charge in [-0.05, 0) is 184 Å². The van der Waals surface area contributed by atoms with Crippen LogP contribution in [0.4, 0.5) is 36.3 Å². The van der Waals surface area contributed by atoms with Gasteiger partial charge < -0.3 is 37.7 Å². The number of hydroxylamine groups is 1. The van der Waals surface area contributed by atoms with Crippen LogP contribution < -0.4 is 68.6 Å². The summed E-state index contributed by atoms with van der Waals surface area (Å²) >= 11 is 9.00. The fraction of sp³-hybridized carbons (Fsp3) is 0.420. The minimum Gasteiger partial charge on any atom is -0.870 e. The SMILES string of the molecule is C.Cl.NC1CCS(=O)(=O)CC1.O=c1onc(-c2nonc2[N+](=O)[O-])n1-c1ccc(F)c(Br)c1.[2H]C1([2H])CC(Nc2nonc2-c2noc(=O)n2-c2ccc(F)c(Br)c2)CC([2H])([2H])S1(=O)=O.[2H]C1([2H])CC(Nc2nonc2C(=Nc2ccc(F)c(Br)c2)NO)CC([2H])([2H])S1(=O)=O.[2H]N([2H])C1CC([2H])([2H])S(=O)(=O)C([2H])([2H])C1.[Na+].[OH-]. The maximum atomic E-state index is 13.6. The predicted molar refractivity (Wildman–Crippen MR) is 351 cm³/mol. The van der Waals surface area contributed by atoms with E-state index in [1.807, 2.05) is 0 Å². The van der Waals surface area contributed by atoms with Gasteiger partial charge in [-0.1, -0.05) is 17.7 Å². The second-order valence-corrected chi connectivity index (χ2v) is 28.7. The number of halogens is 7. The maximum Gasteiger partial charge on any atom is 1.00 e. The molecule has 5 aromatic heterocycles. The fourth-order valence-electron chi connectivity index (χ4n) is 7.75. The molecular weight excluding hydrogens is 1630 g/mol. The summed E-state index contributed by atoms with van der Waals surface area (Å²) in [6.45, 7) is 0. The number of nitro groups is 1. The molecule has 0 radical (unpaired) electrons. The molecule has 9 heterocycles. The largest absolute Gasteiger partial charge is 1.00 e. The Morgan fingerprint density at radius 3 is 1.49 bits per heavy atom. The van der Waals surface area contributed by atoms with Gasteiger partial charge in [0.1, 0.15) is 59.6 Å². The van der Waals surface area contributed by atoms with Gasteiger partial charge in [0.2, 0.25) is 23.3 Å². The van der Waals surface area contributed by atoms with E-state index in [0.29, 0.717) is 12.8 Å². The van der Waals surface area contributed by atoms with Crippen LogP contribution in [0.3, 0.4) is 0 Å². The second-order valence-electron chi connectivity index (χ2n) is 19.1. The van der Waals surface area contributed by atoms with Crippen molar-refractivity contribution in [1.82, 2.24) is 55.9 Å². The van der Waals surface area contributed by atoms with Crippen LogP contribution in [-0.4, -0.2) is 175 Å². The number of amidine groups is 1. The zero-order chi connectivity index (χ0) is 80.6. The number of aliphatic imine (C=N–C) groups is 1. The Labute approximate surface area is 626 Å². The minimum absolute atomic E-state index is 0. The van der Waals surface area contributed by atoms with Crippen molar-refractivity contribution < 1.29 is 134 Å². The smallest absolute Gasteiger partial charge is 0.870 e. The number of nitrogens with zero attached hydrogens (tertiary/aromatic N) is 12. The van der Waals surface area contributed by atoms with Crippen molar-refractivity contribution in [3.63, 3.8) is 0 Å². The van der Waals surface area contributed by atoms with Gasteiger partial charge in [0.25, 0.3) is 5.69 Å². The molecule has 4 fully saturated rings. The van der Waals surface area contributed by atoms with Crippen molar-refractivity contribution in [2.75, 3.05) is 56.4 Å². The van der Waals surface area contributed by atoms with Gasteiger partial charge in [-0.2, -0.15) is 0 Å². The molecule has 0 unspecified atom stereocenters. The normalized spacial score (nSPS) is 22.4. The molecule has 36 nitrogen and oxygen atoms in total. The summed E-state index contributed by atoms with van der Waals surface area (Å²) in [5.74, 6) is -4.69. The monoisotopic (exact) mass is 1700 g/mol. The van der Waals surface area contributed by atoms with Gasteiger partial charge in [-0.15, -0.1) is 17.0 Å². The summed E-state index contributed by atoms with van der Waals surface area (Å²) in [4.78, 5) is 38.1. The molecule has 0 spiro atoms. The Hall–Kier alpha value is -6.41. The third kappa shape index (κ3) is 23.1. The van der Waals surface area contributed by atoms with Crippen molar-refractivity contribution in [1.29, 1.82) is 0 Å². The number of nitrogens with two attached hydrogens (primary N) is 2. The predicted octanol–water partition coefficient (Wildman–Crippen LogP) is 2.40. The molecule has 4 aliphatic rings. The summed E-state index contributed by atoms with van der Waals surface area (Å²) < 4.78 is 263. The Balaban J connectivity index is 0.000000307. The summed E-state index contributed by atoms with van der Waals surface area (Å²) in [5.41, 5.74) is -9.40. The number of rotatable bonds is 12. The third-order valence-corrected chi connectivity index (χ3v) is 19.2. The average Bonchev–Trinajstić information content (AvgIpc) is 0.993. The summed E-state index contributed by atoms with van der Waals surface area (Å²) in [6.07, 6.45) is -2.07. The van der Waals surface area contributed by atoms with Crippen molar-refractivity contribution in [3.8, 4) is 34.4 Å². The number of hydrogen-bond donors (Lipinski definition) is 6. The molecule has 0 saturated carbocycles. The Bertz CT molecular complexity index is 5250. The number of benzene rings is 3. The number of sulfone groups is 4. The second kappa shape index (κ2) is 36.8. The first-order valence-corrected chi connectivity index (χ1v) is 34.6. The van der Waals surface area contributed by atoms with Crippen LogP contribution in [0.2, 0.25) is 2.82 Å². The molecule has 12 rings (SSSR count). The van der Waals surface area contributed by atoms with E-state index >= 15 is 0 Å². The van der Waals surface area contributed by atoms with Gasteiger partial charge in [0.05, 0.1) is 76.2 Å². The zero-order valence-electron chi connectivity index (χ0n) is 62.6. The van der Waals surface area contributed by atoms with Crippen molar-refractivity contribution in [3.05, 3.63) is 122 Å². The van der Waals surface area contributed by atoms with Crippen molar-refractivity contribution in [2.24, 2.45) is 16.4 Å². The van der Waals surface area contributed by atoms with E-state index in [0.717, 1.165) is 27.3 Å². The van der Waals surface area contributed by atoms with Crippen molar-refractivity contribution in [2.45, 2.75) is 83.0 Å². The molecule has 8 aromatic rings. The molecule has 4 aliphatic heterocycles. The molecular formula is C50H59Br3ClF3N17NaO19S4. The zero-order valence-corrected chi connectivity index (χ0v) is 59.5. The number of nitrogens with one attached hydrogen (secondary N) is 3. The first-order valence-electron chi connectivity index (χ1n) is 32.9. The van der Waals surface area contributed by atoms with Gasteiger partial charge >= 0.3 is 46.9 Å². The third-order valence-electron chi connectivity index (χ3n) is 12.4. The fourth-order valence-corrected chi connectivity index (χ4v) is 13.2. The molecule has 0 aliphatic carbocycles. The minimum atomic E-state index is -4.70. The molecule has 0 atom stereocenters. The summed E-state index contributed by atoms with van der Waals surface area (Å²) in [5, 5.41) is 53.7. The van der Waals surface area contributed by atoms with E-state index in [9.17, 15) is 71.8 Å². The first kappa shape index (κ1) is 63.7. The Kier molecular flexibility index (Phi) is 23.9. The topological polar surface area (TPSA) is 543 Å². The van der Waals surface area contributed by atoms with E-state index in [1.54, 1.807) is 5.48 Å². The summed E-state index contributed by atoms with van der Waals surface area (Å²) in [6, 6.07) is 8.20. The van der Waals surface area contributed by atoms with E-state index in [1.165, 1.54) is 36.4 Å². The molecule has 0 bridgehead atoms. The van der Waals surface area contributed by atoms with Crippen LogP contribution in [0.15, 0.2) is 106 Å². The number of anilines is 2. The molecule has 9 N–H and O–H groups in total.